The predicted molar refractivity (Wildman–Crippen MR) is 111 cm³/mol. The summed E-state index contributed by atoms with van der Waals surface area (Å²) in [6.45, 7) is -0.0583. The quantitative estimate of drug-likeness (QED) is 0.441. The number of alkyl carbamates (subject to hydrolysis) is 1. The number of hydrogen-bond acceptors (Lipinski definition) is 5. The summed E-state index contributed by atoms with van der Waals surface area (Å²) in [4.78, 5) is 35.4. The van der Waals surface area contributed by atoms with Crippen molar-refractivity contribution in [3.05, 3.63) is 71.8 Å². The van der Waals surface area contributed by atoms with Crippen LogP contribution in [0.2, 0.25) is 0 Å². The number of rotatable bonds is 11. The Balaban J connectivity index is 1.68. The lowest BCUT2D eigenvalue weighted by molar-refractivity contribution is -0.128. The molecule has 5 N–H and O–H groups in total. The molecule has 0 bridgehead atoms. The Morgan fingerprint density at radius 3 is 2.17 bits per heavy atom. The molecule has 30 heavy (non-hydrogen) atoms. The van der Waals surface area contributed by atoms with Crippen LogP contribution >= 0.6 is 0 Å². The third-order valence-electron chi connectivity index (χ3n) is 4.36. The average molecular weight is 413 g/mol. The minimum absolute atomic E-state index is 0.102. The van der Waals surface area contributed by atoms with Crippen LogP contribution < -0.4 is 16.4 Å². The van der Waals surface area contributed by atoms with Crippen molar-refractivity contribution in [3.63, 3.8) is 0 Å². The van der Waals surface area contributed by atoms with Crippen LogP contribution in [-0.4, -0.2) is 41.7 Å². The van der Waals surface area contributed by atoms with Gasteiger partial charge < -0.3 is 26.2 Å². The van der Waals surface area contributed by atoms with Crippen molar-refractivity contribution in [2.24, 2.45) is 5.73 Å². The van der Waals surface area contributed by atoms with E-state index in [2.05, 4.69) is 10.6 Å². The molecule has 0 fully saturated rings. The maximum absolute atomic E-state index is 12.1. The monoisotopic (exact) mass is 413 g/mol. The van der Waals surface area contributed by atoms with Gasteiger partial charge in [0.25, 0.3) is 0 Å². The van der Waals surface area contributed by atoms with Gasteiger partial charge in [-0.05, 0) is 24.0 Å². The van der Waals surface area contributed by atoms with Crippen LogP contribution in [0.25, 0.3) is 0 Å². The summed E-state index contributed by atoms with van der Waals surface area (Å²) in [5, 5.41) is 14.9. The molecule has 2 rings (SSSR count). The Kier molecular flexibility index (Phi) is 9.33. The summed E-state index contributed by atoms with van der Waals surface area (Å²) in [5.74, 6) is -1.17. The molecule has 2 aromatic rings. The van der Waals surface area contributed by atoms with E-state index in [4.69, 9.17) is 10.5 Å². The van der Waals surface area contributed by atoms with Gasteiger partial charge in [0, 0.05) is 6.54 Å². The highest BCUT2D eigenvalue weighted by Gasteiger charge is 2.20. The standard InChI is InChI=1S/C22H27N3O5/c23-21(28)19(12-11-16-7-3-1-4-8-16)25-20(27)13-18(26)14-24-22(29)30-15-17-9-5-2-6-10-17/h1-10,18-19,26H,11-15H2,(H2,23,28)(H,24,29)(H,25,27)/t18-,19-/m1/s1. The van der Waals surface area contributed by atoms with Gasteiger partial charge in [0.15, 0.2) is 0 Å². The Morgan fingerprint density at radius 1 is 0.967 bits per heavy atom. The predicted octanol–water partition coefficient (Wildman–Crippen LogP) is 1.27. The topological polar surface area (TPSA) is 131 Å². The zero-order chi connectivity index (χ0) is 21.8. The van der Waals surface area contributed by atoms with Crippen molar-refractivity contribution in [1.82, 2.24) is 10.6 Å². The van der Waals surface area contributed by atoms with Crippen LogP contribution in [0.5, 0.6) is 0 Å². The number of hydrogen-bond donors (Lipinski definition) is 4. The van der Waals surface area contributed by atoms with Crippen LogP contribution in [0.4, 0.5) is 4.79 Å². The highest BCUT2D eigenvalue weighted by Crippen LogP contribution is 2.06. The van der Waals surface area contributed by atoms with Crippen LogP contribution in [0.1, 0.15) is 24.0 Å². The van der Waals surface area contributed by atoms with E-state index >= 15 is 0 Å². The van der Waals surface area contributed by atoms with Gasteiger partial charge in [-0.1, -0.05) is 60.7 Å². The second-order valence-corrected chi connectivity index (χ2v) is 6.85. The number of aliphatic hydroxyl groups is 1. The lowest BCUT2D eigenvalue weighted by atomic mass is 10.0. The number of amides is 3. The third-order valence-corrected chi connectivity index (χ3v) is 4.36. The van der Waals surface area contributed by atoms with E-state index < -0.39 is 30.1 Å². The normalized spacial score (nSPS) is 12.4. The van der Waals surface area contributed by atoms with E-state index in [0.29, 0.717) is 12.8 Å². The average Bonchev–Trinajstić information content (AvgIpc) is 2.75. The van der Waals surface area contributed by atoms with Crippen molar-refractivity contribution >= 4 is 17.9 Å². The maximum Gasteiger partial charge on any atom is 0.407 e. The van der Waals surface area contributed by atoms with Gasteiger partial charge in [-0.2, -0.15) is 0 Å². The van der Waals surface area contributed by atoms with E-state index in [-0.39, 0.29) is 19.6 Å². The van der Waals surface area contributed by atoms with Gasteiger partial charge in [0.1, 0.15) is 12.6 Å². The molecule has 0 unspecified atom stereocenters. The van der Waals surface area contributed by atoms with E-state index in [9.17, 15) is 19.5 Å². The van der Waals surface area contributed by atoms with Gasteiger partial charge in [-0.25, -0.2) is 4.79 Å². The second kappa shape index (κ2) is 12.2. The number of ether oxygens (including phenoxy) is 1. The number of carbonyl (C=O) groups is 3. The molecule has 0 aliphatic rings. The Morgan fingerprint density at radius 2 is 1.57 bits per heavy atom. The summed E-state index contributed by atoms with van der Waals surface area (Å²) < 4.78 is 5.03. The SMILES string of the molecule is NC(=O)[C@@H](CCc1ccccc1)NC(=O)C[C@@H](O)CNC(=O)OCc1ccccc1. The number of nitrogens with two attached hydrogens (primary N) is 1. The first-order chi connectivity index (χ1) is 14.4. The number of primary amides is 1. The van der Waals surface area contributed by atoms with Crippen LogP contribution in [0.15, 0.2) is 60.7 Å². The van der Waals surface area contributed by atoms with Gasteiger partial charge in [0.2, 0.25) is 11.8 Å². The molecular weight excluding hydrogens is 386 g/mol. The fourth-order valence-corrected chi connectivity index (χ4v) is 2.76. The number of nitrogens with one attached hydrogen (secondary N) is 2. The first-order valence-electron chi connectivity index (χ1n) is 9.69. The van der Waals surface area contributed by atoms with E-state index in [1.807, 2.05) is 60.7 Å². The molecule has 8 nitrogen and oxygen atoms in total. The molecule has 0 heterocycles. The molecule has 160 valence electrons. The Labute approximate surface area is 175 Å². The van der Waals surface area contributed by atoms with Crippen LogP contribution in [-0.2, 0) is 27.4 Å². The minimum atomic E-state index is -1.13. The Bertz CT molecular complexity index is 814. The molecule has 0 saturated carbocycles. The fourth-order valence-electron chi connectivity index (χ4n) is 2.76. The Hall–Kier alpha value is -3.39. The van der Waals surface area contributed by atoms with Gasteiger partial charge >= 0.3 is 6.09 Å². The molecule has 0 spiro atoms. The van der Waals surface area contributed by atoms with E-state index in [1.54, 1.807) is 0 Å². The molecular formula is C22H27N3O5. The molecule has 0 radical (unpaired) electrons. The van der Waals surface area contributed by atoms with Gasteiger partial charge in [-0.3, -0.25) is 9.59 Å². The minimum Gasteiger partial charge on any atom is -0.445 e. The first kappa shape index (κ1) is 22.9. The van der Waals surface area contributed by atoms with Gasteiger partial charge in [0.05, 0.1) is 12.5 Å². The zero-order valence-electron chi connectivity index (χ0n) is 16.6. The highest BCUT2D eigenvalue weighted by atomic mass is 16.5. The van der Waals surface area contributed by atoms with Crippen molar-refractivity contribution in [3.8, 4) is 0 Å². The molecule has 3 amide bonds. The molecule has 0 aliphatic carbocycles. The highest BCUT2D eigenvalue weighted by molar-refractivity contribution is 5.86. The van der Waals surface area contributed by atoms with Crippen LogP contribution in [0, 0.1) is 0 Å². The number of benzene rings is 2. The lowest BCUT2D eigenvalue weighted by Crippen LogP contribution is -2.46. The van der Waals surface area contributed by atoms with Crippen molar-refractivity contribution in [2.45, 2.75) is 38.0 Å². The lowest BCUT2D eigenvalue weighted by Gasteiger charge is -2.17. The third kappa shape index (κ3) is 8.74. The van der Waals surface area contributed by atoms with Crippen molar-refractivity contribution < 1.29 is 24.2 Å². The molecule has 2 atom stereocenters. The summed E-state index contributed by atoms with van der Waals surface area (Å²) in [6.07, 6.45) is -1.18. The number of carbonyl (C=O) groups excluding carboxylic acids is 3. The molecule has 0 aliphatic heterocycles. The number of aliphatic hydroxyl groups excluding tert-OH is 1. The van der Waals surface area contributed by atoms with Crippen molar-refractivity contribution in [2.75, 3.05) is 6.54 Å². The zero-order valence-corrected chi connectivity index (χ0v) is 16.6. The van der Waals surface area contributed by atoms with E-state index in [0.717, 1.165) is 11.1 Å². The summed E-state index contributed by atoms with van der Waals surface area (Å²) in [7, 11) is 0. The maximum atomic E-state index is 12.1. The first-order valence-corrected chi connectivity index (χ1v) is 9.69. The molecule has 8 heteroatoms. The molecule has 2 aromatic carbocycles. The van der Waals surface area contributed by atoms with Crippen molar-refractivity contribution in [1.29, 1.82) is 0 Å². The molecule has 0 saturated heterocycles. The summed E-state index contributed by atoms with van der Waals surface area (Å²) >= 11 is 0. The second-order valence-electron chi connectivity index (χ2n) is 6.85. The smallest absolute Gasteiger partial charge is 0.407 e. The van der Waals surface area contributed by atoms with Crippen LogP contribution in [0.3, 0.4) is 0 Å². The largest absolute Gasteiger partial charge is 0.445 e. The summed E-state index contributed by atoms with van der Waals surface area (Å²) in [6, 6.07) is 17.8. The van der Waals surface area contributed by atoms with Gasteiger partial charge in [-0.15, -0.1) is 0 Å². The summed E-state index contributed by atoms with van der Waals surface area (Å²) in [5.41, 5.74) is 7.23. The fraction of sp³-hybridized carbons (Fsp3) is 0.318. The molecule has 0 aromatic heterocycles. The van der Waals surface area contributed by atoms with E-state index in [1.165, 1.54) is 0 Å². The number of aryl methyl sites for hydroxylation is 1.